The van der Waals surface area contributed by atoms with Crippen molar-refractivity contribution in [3.63, 3.8) is 0 Å². The van der Waals surface area contributed by atoms with E-state index in [9.17, 15) is 17.6 Å². The number of rotatable bonds is 5. The van der Waals surface area contributed by atoms with Crippen molar-refractivity contribution in [2.24, 2.45) is 0 Å². The van der Waals surface area contributed by atoms with Crippen molar-refractivity contribution in [1.29, 1.82) is 0 Å². The molecule has 2 aromatic carbocycles. The predicted octanol–water partition coefficient (Wildman–Crippen LogP) is 3.50. The number of carbonyl (C=O) groups excluding carboxylic acids is 1. The second kappa shape index (κ2) is 8.58. The molecule has 30 heavy (non-hydrogen) atoms. The number of nitrogens with one attached hydrogen (secondary N) is 1. The number of hydrogen-bond donors (Lipinski definition) is 1. The number of hydrogen-bond acceptors (Lipinski definition) is 6. The Morgan fingerprint density at radius 1 is 1.10 bits per heavy atom. The van der Waals surface area contributed by atoms with Crippen molar-refractivity contribution in [3.05, 3.63) is 70.4 Å². The van der Waals surface area contributed by atoms with Gasteiger partial charge in [-0.15, -0.1) is 10.2 Å². The number of benzene rings is 2. The highest BCUT2D eigenvalue weighted by Crippen LogP contribution is 2.32. The molecule has 0 radical (unpaired) electrons. The fourth-order valence-corrected chi connectivity index (χ4v) is 5.72. The Morgan fingerprint density at radius 3 is 2.57 bits per heavy atom. The maximum atomic E-state index is 13.0. The molecule has 1 amide bonds. The second-order valence-electron chi connectivity index (χ2n) is 6.92. The van der Waals surface area contributed by atoms with Crippen LogP contribution in [0, 0.1) is 5.82 Å². The van der Waals surface area contributed by atoms with E-state index >= 15 is 0 Å². The maximum absolute atomic E-state index is 13.0. The molecule has 3 aromatic rings. The van der Waals surface area contributed by atoms with Crippen molar-refractivity contribution < 1.29 is 17.6 Å². The average molecular weight is 447 g/mol. The van der Waals surface area contributed by atoms with Crippen LogP contribution in [0.3, 0.4) is 0 Å². The minimum absolute atomic E-state index is 0.123. The highest BCUT2D eigenvalue weighted by molar-refractivity contribution is 7.89. The van der Waals surface area contributed by atoms with Crippen LogP contribution < -0.4 is 5.32 Å². The van der Waals surface area contributed by atoms with Gasteiger partial charge in [0.15, 0.2) is 0 Å². The monoisotopic (exact) mass is 446 g/mol. The Balaban J connectivity index is 1.46. The number of anilines is 1. The van der Waals surface area contributed by atoms with Crippen LogP contribution >= 0.6 is 11.3 Å². The van der Waals surface area contributed by atoms with Crippen LogP contribution in [0.1, 0.15) is 33.6 Å². The number of nitrogens with zero attached hydrogens (tertiary/aromatic N) is 3. The second-order valence-corrected chi connectivity index (χ2v) is 9.87. The van der Waals surface area contributed by atoms with E-state index in [1.54, 1.807) is 30.3 Å². The summed E-state index contributed by atoms with van der Waals surface area (Å²) in [6.07, 6.45) is 1.47. The van der Waals surface area contributed by atoms with Gasteiger partial charge in [-0.2, -0.15) is 4.31 Å². The summed E-state index contributed by atoms with van der Waals surface area (Å²) in [5.41, 5.74) is 0.455. The maximum Gasteiger partial charge on any atom is 0.286 e. The largest absolute Gasteiger partial charge is 0.320 e. The van der Waals surface area contributed by atoms with Crippen LogP contribution in [0.25, 0.3) is 0 Å². The van der Waals surface area contributed by atoms with Crippen molar-refractivity contribution in [2.45, 2.75) is 23.7 Å². The molecule has 0 bridgehead atoms. The molecule has 1 saturated heterocycles. The Labute approximate surface area is 177 Å². The Bertz CT molecular complexity index is 1130. The number of piperidine rings is 1. The highest BCUT2D eigenvalue weighted by Gasteiger charge is 2.32. The zero-order chi connectivity index (χ0) is 21.1. The lowest BCUT2D eigenvalue weighted by Gasteiger charge is -2.30. The van der Waals surface area contributed by atoms with Gasteiger partial charge in [0, 0.05) is 24.7 Å². The van der Waals surface area contributed by atoms with Gasteiger partial charge in [0.1, 0.15) is 10.8 Å². The first-order valence-electron chi connectivity index (χ1n) is 9.39. The molecule has 1 aromatic heterocycles. The lowest BCUT2D eigenvalue weighted by molar-refractivity contribution is 0.102. The smallest absolute Gasteiger partial charge is 0.286 e. The topological polar surface area (TPSA) is 92.3 Å². The first-order chi connectivity index (χ1) is 14.4. The molecule has 0 spiro atoms. The van der Waals surface area contributed by atoms with E-state index in [0.29, 0.717) is 30.2 Å². The molecule has 156 valence electrons. The van der Waals surface area contributed by atoms with Crippen LogP contribution in [-0.2, 0) is 10.0 Å². The van der Waals surface area contributed by atoms with E-state index in [1.807, 2.05) is 0 Å². The summed E-state index contributed by atoms with van der Waals surface area (Å²) >= 11 is 1.15. The number of amides is 1. The number of halogens is 1. The zero-order valence-corrected chi connectivity index (χ0v) is 17.5. The third-order valence-electron chi connectivity index (χ3n) is 4.85. The Kier molecular flexibility index (Phi) is 5.89. The van der Waals surface area contributed by atoms with Crippen molar-refractivity contribution in [3.8, 4) is 0 Å². The first kappa shape index (κ1) is 20.6. The summed E-state index contributed by atoms with van der Waals surface area (Å²) in [5, 5.41) is 11.6. The molecule has 2 heterocycles. The molecule has 10 heteroatoms. The number of carbonyl (C=O) groups is 1. The van der Waals surface area contributed by atoms with Crippen molar-refractivity contribution in [1.82, 2.24) is 14.5 Å². The molecular formula is C20H19FN4O3S2. The molecular weight excluding hydrogens is 427 g/mol. The summed E-state index contributed by atoms with van der Waals surface area (Å²) in [6.45, 7) is 0.746. The van der Waals surface area contributed by atoms with Gasteiger partial charge in [-0.1, -0.05) is 29.5 Å². The SMILES string of the molecule is O=C(Nc1ccc(F)cc1)c1nnc([C@H]2CCCN(S(=O)(=O)c3ccccc3)C2)s1. The van der Waals surface area contributed by atoms with Gasteiger partial charge in [-0.05, 0) is 49.2 Å². The first-order valence-corrected chi connectivity index (χ1v) is 11.6. The molecule has 1 atom stereocenters. The minimum Gasteiger partial charge on any atom is -0.320 e. The fourth-order valence-electron chi connectivity index (χ4n) is 3.31. The third-order valence-corrected chi connectivity index (χ3v) is 7.82. The summed E-state index contributed by atoms with van der Waals surface area (Å²) in [6, 6.07) is 13.8. The molecule has 4 rings (SSSR count). The van der Waals surface area contributed by atoms with Gasteiger partial charge in [-0.3, -0.25) is 4.79 Å². The molecule has 0 aliphatic carbocycles. The summed E-state index contributed by atoms with van der Waals surface area (Å²) < 4.78 is 40.3. The van der Waals surface area contributed by atoms with Crippen LogP contribution in [0.5, 0.6) is 0 Å². The van der Waals surface area contributed by atoms with Crippen LogP contribution in [0.4, 0.5) is 10.1 Å². The standard InChI is InChI=1S/C20H19FN4O3S2/c21-15-8-10-16(11-9-15)22-18(26)20-24-23-19(29-20)14-5-4-12-25(13-14)30(27,28)17-6-2-1-3-7-17/h1-3,6-11,14H,4-5,12-13H2,(H,22,26)/t14-/m0/s1. The van der Waals surface area contributed by atoms with E-state index in [0.717, 1.165) is 17.8 Å². The lowest BCUT2D eigenvalue weighted by Crippen LogP contribution is -2.39. The van der Waals surface area contributed by atoms with E-state index in [-0.39, 0.29) is 15.8 Å². The molecule has 7 nitrogen and oxygen atoms in total. The molecule has 1 fully saturated rings. The minimum atomic E-state index is -3.58. The highest BCUT2D eigenvalue weighted by atomic mass is 32.2. The fraction of sp³-hybridized carbons (Fsp3) is 0.250. The molecule has 1 aliphatic heterocycles. The molecule has 0 saturated carbocycles. The van der Waals surface area contributed by atoms with Crippen LogP contribution in [0.2, 0.25) is 0 Å². The van der Waals surface area contributed by atoms with Gasteiger partial charge in [0.05, 0.1) is 4.90 Å². The van der Waals surface area contributed by atoms with Gasteiger partial charge in [-0.25, -0.2) is 12.8 Å². The molecule has 1 N–H and O–H groups in total. The van der Waals surface area contributed by atoms with E-state index in [4.69, 9.17) is 0 Å². The average Bonchev–Trinajstić information content (AvgIpc) is 3.27. The Hall–Kier alpha value is -2.69. The van der Waals surface area contributed by atoms with E-state index < -0.39 is 21.7 Å². The van der Waals surface area contributed by atoms with E-state index in [2.05, 4.69) is 15.5 Å². The van der Waals surface area contributed by atoms with Crippen LogP contribution in [-0.4, -0.2) is 41.9 Å². The number of aromatic nitrogens is 2. The van der Waals surface area contributed by atoms with Gasteiger partial charge >= 0.3 is 0 Å². The number of sulfonamides is 1. The van der Waals surface area contributed by atoms with Gasteiger partial charge < -0.3 is 5.32 Å². The quantitative estimate of drug-likeness (QED) is 0.648. The van der Waals surface area contributed by atoms with Crippen molar-refractivity contribution >= 4 is 33.0 Å². The van der Waals surface area contributed by atoms with Gasteiger partial charge in [0.2, 0.25) is 15.0 Å². The molecule has 0 unspecified atom stereocenters. The zero-order valence-electron chi connectivity index (χ0n) is 15.9. The van der Waals surface area contributed by atoms with E-state index in [1.165, 1.54) is 28.6 Å². The predicted molar refractivity (Wildman–Crippen MR) is 111 cm³/mol. The molecule has 1 aliphatic rings. The summed E-state index contributed by atoms with van der Waals surface area (Å²) in [5.74, 6) is -0.949. The normalized spacial score (nSPS) is 17.6. The van der Waals surface area contributed by atoms with Crippen molar-refractivity contribution in [2.75, 3.05) is 18.4 Å². The lowest BCUT2D eigenvalue weighted by atomic mass is 10.0. The third kappa shape index (κ3) is 4.40. The van der Waals surface area contributed by atoms with Crippen LogP contribution in [0.15, 0.2) is 59.5 Å². The Morgan fingerprint density at radius 2 is 1.83 bits per heavy atom. The summed E-state index contributed by atoms with van der Waals surface area (Å²) in [4.78, 5) is 12.7. The summed E-state index contributed by atoms with van der Waals surface area (Å²) in [7, 11) is -3.58. The van der Waals surface area contributed by atoms with Gasteiger partial charge in [0.25, 0.3) is 5.91 Å².